The highest BCUT2D eigenvalue weighted by molar-refractivity contribution is 7.93. The third kappa shape index (κ3) is 4.59. The predicted octanol–water partition coefficient (Wildman–Crippen LogP) is 8.98. The van der Waals surface area contributed by atoms with Gasteiger partial charge in [-0.3, -0.25) is 0 Å². The van der Waals surface area contributed by atoms with Crippen LogP contribution in [0.4, 0.5) is 79.0 Å². The van der Waals surface area contributed by atoms with Gasteiger partial charge in [-0.25, -0.2) is 16.8 Å². The van der Waals surface area contributed by atoms with E-state index in [0.717, 1.165) is 0 Å². The molecule has 0 heterocycles. The number of halogens is 18. The lowest BCUT2D eigenvalue weighted by Gasteiger charge is -2.33. The Hall–Kier alpha value is -3.44. The summed E-state index contributed by atoms with van der Waals surface area (Å²) in [4.78, 5) is -3.93. The molecule has 0 saturated heterocycles. The van der Waals surface area contributed by atoms with E-state index >= 15 is 0 Å². The summed E-state index contributed by atoms with van der Waals surface area (Å²) in [5.74, 6) is -30.4. The zero-order valence-electron chi connectivity index (χ0n) is 21.9. The maximum atomic E-state index is 14.5. The van der Waals surface area contributed by atoms with Crippen LogP contribution in [0.3, 0.4) is 0 Å². The van der Waals surface area contributed by atoms with Crippen LogP contribution in [0.1, 0.15) is 0 Å². The number of rotatable bonds is 8. The van der Waals surface area contributed by atoms with Crippen molar-refractivity contribution in [2.24, 2.45) is 0 Å². The number of benzene rings is 4. The Kier molecular flexibility index (Phi) is 7.83. The van der Waals surface area contributed by atoms with Crippen LogP contribution in [0.5, 0.6) is 0 Å². The van der Waals surface area contributed by atoms with Crippen molar-refractivity contribution in [3.63, 3.8) is 0 Å². The van der Waals surface area contributed by atoms with Crippen molar-refractivity contribution in [1.82, 2.24) is 0 Å². The molecule has 48 heavy (non-hydrogen) atoms. The average Bonchev–Trinajstić information content (AvgIpc) is 2.93. The highest BCUT2D eigenvalue weighted by atomic mass is 32.2. The number of sulfone groups is 2. The fourth-order valence-electron chi connectivity index (χ4n) is 4.45. The molecule has 0 aliphatic rings. The van der Waals surface area contributed by atoms with E-state index < -0.39 is 108 Å². The largest absolute Gasteiger partial charge is 0.460 e. The maximum absolute atomic E-state index is 14.5. The molecule has 0 saturated carbocycles. The van der Waals surface area contributed by atoms with Crippen molar-refractivity contribution in [1.29, 1.82) is 0 Å². The fraction of sp³-hybridized carbons (Fsp3) is 0.333. The minimum Gasteiger partial charge on any atom is -0.217 e. The van der Waals surface area contributed by atoms with Gasteiger partial charge in [-0.15, -0.1) is 0 Å². The first-order valence-electron chi connectivity index (χ1n) is 11.8. The van der Waals surface area contributed by atoms with Crippen LogP contribution in [0.15, 0.2) is 58.3 Å². The standard InChI is InChI=1S/C24H8F18O4S2/c25-17(26,21(33,34)35)19(29,30)23(39,40)47(43,44)13-5-9-1-2-10-6-14(8-12-4-3-11(7-13)15(9)16(10)12)48(45,46)24(41,42)20(31,32)18(27,28)22(36,37)38/h1-8H. The van der Waals surface area contributed by atoms with Gasteiger partial charge in [-0.2, -0.15) is 79.0 Å². The Bertz CT molecular complexity index is 1930. The van der Waals surface area contributed by atoms with Crippen molar-refractivity contribution < 1.29 is 95.9 Å². The molecule has 0 fully saturated rings. The van der Waals surface area contributed by atoms with Crippen molar-refractivity contribution in [3.8, 4) is 0 Å². The topological polar surface area (TPSA) is 68.3 Å². The van der Waals surface area contributed by atoms with Crippen LogP contribution in [-0.4, -0.2) is 63.4 Å². The normalized spacial score (nSPS) is 15.6. The van der Waals surface area contributed by atoms with E-state index in [9.17, 15) is 95.9 Å². The van der Waals surface area contributed by atoms with Crippen LogP contribution < -0.4 is 0 Å². The maximum Gasteiger partial charge on any atom is 0.460 e. The average molecular weight is 766 g/mol. The highest BCUT2D eigenvalue weighted by Crippen LogP contribution is 2.57. The molecule has 4 aromatic rings. The van der Waals surface area contributed by atoms with E-state index in [-0.39, 0.29) is 24.3 Å². The summed E-state index contributed by atoms with van der Waals surface area (Å²) in [6, 6.07) is 2.54. The summed E-state index contributed by atoms with van der Waals surface area (Å²) >= 11 is 0. The first-order chi connectivity index (χ1) is 21.1. The summed E-state index contributed by atoms with van der Waals surface area (Å²) in [5.41, 5.74) is 0. The van der Waals surface area contributed by atoms with Gasteiger partial charge >= 0.3 is 46.6 Å². The van der Waals surface area contributed by atoms with Gasteiger partial charge in [0.05, 0.1) is 9.79 Å². The molecule has 0 aliphatic heterocycles. The number of hydrogen-bond donors (Lipinski definition) is 0. The third-order valence-electron chi connectivity index (χ3n) is 7.01. The molecule has 0 unspecified atom stereocenters. The van der Waals surface area contributed by atoms with Crippen LogP contribution >= 0.6 is 0 Å². The second-order valence-electron chi connectivity index (χ2n) is 9.95. The second kappa shape index (κ2) is 10.1. The molecule has 0 spiro atoms. The van der Waals surface area contributed by atoms with E-state index in [4.69, 9.17) is 0 Å². The molecule has 0 atom stereocenters. The fourth-order valence-corrected chi connectivity index (χ4v) is 7.10. The van der Waals surface area contributed by atoms with Gasteiger partial charge in [0.1, 0.15) is 0 Å². The minimum atomic E-state index is -7.60. The number of hydrogen-bond acceptors (Lipinski definition) is 4. The van der Waals surface area contributed by atoms with E-state index in [1.165, 1.54) is 0 Å². The molecule has 0 aromatic heterocycles. The summed E-state index contributed by atoms with van der Waals surface area (Å²) < 4.78 is 292. The summed E-state index contributed by atoms with van der Waals surface area (Å²) in [7, 11) is -14.3. The highest BCUT2D eigenvalue weighted by Gasteiger charge is 2.86. The Morgan fingerprint density at radius 2 is 0.562 bits per heavy atom. The molecule has 0 aliphatic carbocycles. The molecule has 4 nitrogen and oxygen atoms in total. The van der Waals surface area contributed by atoms with E-state index in [2.05, 4.69) is 0 Å². The molecule has 0 amide bonds. The third-order valence-corrected chi connectivity index (χ3v) is 10.6. The van der Waals surface area contributed by atoms with Crippen LogP contribution in [0.2, 0.25) is 0 Å². The lowest BCUT2D eigenvalue weighted by atomic mass is 9.94. The number of alkyl halides is 18. The van der Waals surface area contributed by atoms with Crippen molar-refractivity contribution in [3.05, 3.63) is 48.5 Å². The molecule has 266 valence electrons. The minimum absolute atomic E-state index is 0.0604. The van der Waals surface area contributed by atoms with Gasteiger partial charge in [0.15, 0.2) is 0 Å². The summed E-state index contributed by atoms with van der Waals surface area (Å²) in [6.45, 7) is 0. The van der Waals surface area contributed by atoms with Crippen LogP contribution in [0, 0.1) is 0 Å². The smallest absolute Gasteiger partial charge is 0.217 e. The van der Waals surface area contributed by atoms with E-state index in [1.54, 1.807) is 0 Å². The van der Waals surface area contributed by atoms with Gasteiger partial charge < -0.3 is 0 Å². The lowest BCUT2D eigenvalue weighted by Crippen LogP contribution is -2.63. The van der Waals surface area contributed by atoms with Gasteiger partial charge in [0, 0.05) is 0 Å². The van der Waals surface area contributed by atoms with E-state index in [1.807, 2.05) is 0 Å². The molecule has 0 radical (unpaired) electrons. The molecule has 0 bridgehead atoms. The Morgan fingerprint density at radius 3 is 0.750 bits per heavy atom. The molecule has 4 rings (SSSR count). The van der Waals surface area contributed by atoms with Crippen molar-refractivity contribution in [2.45, 2.75) is 56.3 Å². The van der Waals surface area contributed by atoms with Gasteiger partial charge in [-0.05, 0) is 56.6 Å². The second-order valence-corrected chi connectivity index (χ2v) is 13.9. The summed E-state index contributed by atoms with van der Waals surface area (Å²) in [6.07, 6.45) is -14.7. The Labute approximate surface area is 253 Å². The van der Waals surface area contributed by atoms with E-state index in [0.29, 0.717) is 24.3 Å². The quantitative estimate of drug-likeness (QED) is 0.133. The van der Waals surface area contributed by atoms with Crippen molar-refractivity contribution in [2.75, 3.05) is 0 Å². The molecular formula is C24H8F18O4S2. The monoisotopic (exact) mass is 766 g/mol. The summed E-state index contributed by atoms with van der Waals surface area (Å²) in [5, 5.41) is -17.7. The molecule has 4 aromatic carbocycles. The first kappa shape index (κ1) is 37.4. The molecule has 0 N–H and O–H groups in total. The molecule has 24 heteroatoms. The predicted molar refractivity (Wildman–Crippen MR) is 126 cm³/mol. The Morgan fingerprint density at radius 1 is 0.354 bits per heavy atom. The van der Waals surface area contributed by atoms with Gasteiger partial charge in [0.25, 0.3) is 0 Å². The van der Waals surface area contributed by atoms with Crippen LogP contribution in [0.25, 0.3) is 32.3 Å². The first-order valence-corrected chi connectivity index (χ1v) is 14.7. The zero-order valence-corrected chi connectivity index (χ0v) is 23.5. The van der Waals surface area contributed by atoms with Gasteiger partial charge in [0.2, 0.25) is 19.7 Å². The Balaban J connectivity index is 1.92. The lowest BCUT2D eigenvalue weighted by molar-refractivity contribution is -0.382. The zero-order chi connectivity index (χ0) is 37.3. The van der Waals surface area contributed by atoms with Crippen molar-refractivity contribution >= 4 is 52.0 Å². The van der Waals surface area contributed by atoms with Crippen LogP contribution in [-0.2, 0) is 19.7 Å². The molecular weight excluding hydrogens is 758 g/mol. The van der Waals surface area contributed by atoms with Gasteiger partial charge in [-0.1, -0.05) is 24.3 Å². The SMILES string of the molecule is O=S(=O)(c1cc2ccc3cc(S(=O)(=O)C(F)(F)C(F)(F)C(F)(F)C(F)(F)F)cc4ccc(c1)c2c34)C(F)(F)C(F)(F)C(F)(F)C(F)(F)F.